The van der Waals surface area contributed by atoms with Gasteiger partial charge in [-0.1, -0.05) is 6.07 Å². The SMILES string of the molecule is Cc1cc(CC(C)(C)N)cc2c1OCCO2. The van der Waals surface area contributed by atoms with Crippen LogP contribution in [0.3, 0.4) is 0 Å². The van der Waals surface area contributed by atoms with E-state index in [0.717, 1.165) is 23.5 Å². The first kappa shape index (κ1) is 11.3. The summed E-state index contributed by atoms with van der Waals surface area (Å²) < 4.78 is 11.2. The Labute approximate surface area is 96.5 Å². The summed E-state index contributed by atoms with van der Waals surface area (Å²) in [5.41, 5.74) is 8.15. The number of aryl methyl sites for hydroxylation is 1. The average molecular weight is 221 g/mol. The third kappa shape index (κ3) is 2.47. The first-order valence-corrected chi connectivity index (χ1v) is 5.64. The summed E-state index contributed by atoms with van der Waals surface area (Å²) in [6.45, 7) is 7.36. The van der Waals surface area contributed by atoms with E-state index in [-0.39, 0.29) is 5.54 Å². The number of benzene rings is 1. The van der Waals surface area contributed by atoms with Crippen LogP contribution in [-0.4, -0.2) is 18.8 Å². The Balaban J connectivity index is 2.32. The second-order valence-electron chi connectivity index (χ2n) is 5.10. The molecule has 0 aromatic heterocycles. The molecule has 2 N–H and O–H groups in total. The number of hydrogen-bond donors (Lipinski definition) is 1. The molecule has 0 saturated carbocycles. The molecule has 0 aliphatic carbocycles. The second-order valence-corrected chi connectivity index (χ2v) is 5.10. The van der Waals surface area contributed by atoms with E-state index in [1.54, 1.807) is 0 Å². The van der Waals surface area contributed by atoms with Crippen LogP contribution < -0.4 is 15.2 Å². The van der Waals surface area contributed by atoms with Crippen LogP contribution in [0.2, 0.25) is 0 Å². The van der Waals surface area contributed by atoms with Crippen LogP contribution in [0.5, 0.6) is 11.5 Å². The van der Waals surface area contributed by atoms with E-state index < -0.39 is 0 Å². The van der Waals surface area contributed by atoms with E-state index in [2.05, 4.69) is 6.07 Å². The van der Waals surface area contributed by atoms with Crippen LogP contribution in [0.25, 0.3) is 0 Å². The van der Waals surface area contributed by atoms with Crippen molar-refractivity contribution in [2.75, 3.05) is 13.2 Å². The minimum absolute atomic E-state index is 0.198. The maximum Gasteiger partial charge on any atom is 0.164 e. The number of nitrogens with two attached hydrogens (primary N) is 1. The molecule has 16 heavy (non-hydrogen) atoms. The van der Waals surface area contributed by atoms with Crippen molar-refractivity contribution in [1.29, 1.82) is 0 Å². The highest BCUT2D eigenvalue weighted by atomic mass is 16.6. The summed E-state index contributed by atoms with van der Waals surface area (Å²) in [7, 11) is 0. The Morgan fingerprint density at radius 3 is 2.62 bits per heavy atom. The zero-order valence-electron chi connectivity index (χ0n) is 10.2. The van der Waals surface area contributed by atoms with Crippen molar-refractivity contribution in [1.82, 2.24) is 0 Å². The molecular weight excluding hydrogens is 202 g/mol. The van der Waals surface area contributed by atoms with Gasteiger partial charge in [0.15, 0.2) is 11.5 Å². The van der Waals surface area contributed by atoms with Crippen LogP contribution in [0.4, 0.5) is 0 Å². The molecule has 0 saturated heterocycles. The largest absolute Gasteiger partial charge is 0.486 e. The van der Waals surface area contributed by atoms with Crippen LogP contribution in [0.1, 0.15) is 25.0 Å². The molecule has 88 valence electrons. The lowest BCUT2D eigenvalue weighted by atomic mass is 9.95. The summed E-state index contributed by atoms with van der Waals surface area (Å²) in [5, 5.41) is 0. The van der Waals surface area contributed by atoms with Crippen LogP contribution in [-0.2, 0) is 6.42 Å². The standard InChI is InChI=1S/C13H19NO2/c1-9-6-10(8-13(2,3)14)7-11-12(9)16-5-4-15-11/h6-7H,4-5,8,14H2,1-3H3. The molecule has 0 fully saturated rings. The molecule has 1 aliphatic rings. The monoisotopic (exact) mass is 221 g/mol. The van der Waals surface area contributed by atoms with Crippen molar-refractivity contribution in [3.8, 4) is 11.5 Å². The molecule has 1 heterocycles. The van der Waals surface area contributed by atoms with Crippen LogP contribution in [0.15, 0.2) is 12.1 Å². The van der Waals surface area contributed by atoms with Gasteiger partial charge in [-0.25, -0.2) is 0 Å². The molecule has 3 nitrogen and oxygen atoms in total. The van der Waals surface area contributed by atoms with Crippen molar-refractivity contribution in [3.05, 3.63) is 23.3 Å². The molecule has 3 heteroatoms. The predicted molar refractivity (Wildman–Crippen MR) is 64.1 cm³/mol. The van der Waals surface area contributed by atoms with Crippen molar-refractivity contribution in [3.63, 3.8) is 0 Å². The maximum atomic E-state index is 6.02. The molecule has 2 rings (SSSR count). The Hall–Kier alpha value is -1.22. The molecule has 0 spiro atoms. The summed E-state index contributed by atoms with van der Waals surface area (Å²) in [5.74, 6) is 1.73. The van der Waals surface area contributed by atoms with E-state index in [9.17, 15) is 0 Å². The molecule has 0 bridgehead atoms. The van der Waals surface area contributed by atoms with E-state index in [1.807, 2.05) is 26.8 Å². The predicted octanol–water partition coefficient (Wildman–Crippen LogP) is 2.05. The fourth-order valence-corrected chi connectivity index (χ4v) is 2.03. The lowest BCUT2D eigenvalue weighted by molar-refractivity contribution is 0.170. The fraction of sp³-hybridized carbons (Fsp3) is 0.538. The van der Waals surface area contributed by atoms with Gasteiger partial charge in [-0.3, -0.25) is 0 Å². The number of ether oxygens (including phenoxy) is 2. The molecule has 1 aromatic rings. The van der Waals surface area contributed by atoms with E-state index >= 15 is 0 Å². The van der Waals surface area contributed by atoms with Gasteiger partial charge in [0.2, 0.25) is 0 Å². The molecule has 0 unspecified atom stereocenters. The lowest BCUT2D eigenvalue weighted by Gasteiger charge is -2.23. The second kappa shape index (κ2) is 3.98. The zero-order chi connectivity index (χ0) is 11.8. The van der Waals surface area contributed by atoms with E-state index in [4.69, 9.17) is 15.2 Å². The van der Waals surface area contributed by atoms with Gasteiger partial charge in [-0.2, -0.15) is 0 Å². The average Bonchev–Trinajstić information content (AvgIpc) is 2.15. The Bertz CT molecular complexity index is 394. The highest BCUT2D eigenvalue weighted by Crippen LogP contribution is 2.35. The van der Waals surface area contributed by atoms with Crippen molar-refractivity contribution >= 4 is 0 Å². The van der Waals surface area contributed by atoms with Gasteiger partial charge in [0, 0.05) is 5.54 Å². The van der Waals surface area contributed by atoms with Crippen molar-refractivity contribution in [2.45, 2.75) is 32.7 Å². The smallest absolute Gasteiger partial charge is 0.164 e. The Morgan fingerprint density at radius 1 is 1.25 bits per heavy atom. The van der Waals surface area contributed by atoms with Crippen molar-refractivity contribution in [2.24, 2.45) is 5.73 Å². The van der Waals surface area contributed by atoms with Gasteiger partial charge in [0.1, 0.15) is 13.2 Å². The molecule has 0 atom stereocenters. The fourth-order valence-electron chi connectivity index (χ4n) is 2.03. The zero-order valence-corrected chi connectivity index (χ0v) is 10.2. The van der Waals surface area contributed by atoms with Gasteiger partial charge in [-0.05, 0) is 44.4 Å². The summed E-state index contributed by atoms with van der Waals surface area (Å²) in [4.78, 5) is 0. The third-order valence-electron chi connectivity index (χ3n) is 2.55. The topological polar surface area (TPSA) is 44.5 Å². The number of hydrogen-bond acceptors (Lipinski definition) is 3. The quantitative estimate of drug-likeness (QED) is 0.831. The van der Waals surface area contributed by atoms with Crippen LogP contribution in [0, 0.1) is 6.92 Å². The lowest BCUT2D eigenvalue weighted by Crippen LogP contribution is -2.34. The van der Waals surface area contributed by atoms with Crippen molar-refractivity contribution < 1.29 is 9.47 Å². The molecule has 0 radical (unpaired) electrons. The minimum Gasteiger partial charge on any atom is -0.486 e. The summed E-state index contributed by atoms with van der Waals surface area (Å²) in [6.07, 6.45) is 0.838. The number of rotatable bonds is 2. The minimum atomic E-state index is -0.198. The summed E-state index contributed by atoms with van der Waals surface area (Å²) >= 11 is 0. The highest BCUT2D eigenvalue weighted by molar-refractivity contribution is 5.49. The Kier molecular flexibility index (Phi) is 2.80. The first-order chi connectivity index (χ1) is 7.46. The molecule has 1 aromatic carbocycles. The normalized spacial score (nSPS) is 15.0. The van der Waals surface area contributed by atoms with Crippen LogP contribution >= 0.6 is 0 Å². The van der Waals surface area contributed by atoms with E-state index in [1.165, 1.54) is 5.56 Å². The first-order valence-electron chi connectivity index (χ1n) is 5.64. The maximum absolute atomic E-state index is 6.02. The van der Waals surface area contributed by atoms with Gasteiger partial charge in [0.25, 0.3) is 0 Å². The molecule has 0 amide bonds. The van der Waals surface area contributed by atoms with Gasteiger partial charge in [0.05, 0.1) is 0 Å². The third-order valence-corrected chi connectivity index (χ3v) is 2.55. The highest BCUT2D eigenvalue weighted by Gasteiger charge is 2.18. The number of fused-ring (bicyclic) bond motifs is 1. The molecule has 1 aliphatic heterocycles. The molecular formula is C13H19NO2. The van der Waals surface area contributed by atoms with E-state index in [0.29, 0.717) is 13.2 Å². The van der Waals surface area contributed by atoms with Gasteiger partial charge >= 0.3 is 0 Å². The Morgan fingerprint density at radius 2 is 1.94 bits per heavy atom. The van der Waals surface area contributed by atoms with Gasteiger partial charge < -0.3 is 15.2 Å². The summed E-state index contributed by atoms with van der Waals surface area (Å²) in [6, 6.07) is 4.16. The van der Waals surface area contributed by atoms with Gasteiger partial charge in [-0.15, -0.1) is 0 Å².